The summed E-state index contributed by atoms with van der Waals surface area (Å²) in [6, 6.07) is 4.68. The molecule has 0 unspecified atom stereocenters. The maximum absolute atomic E-state index is 13.6. The number of benzene rings is 1. The number of hydrogen-bond donors (Lipinski definition) is 1. The van der Waals surface area contributed by atoms with Gasteiger partial charge in [-0.3, -0.25) is 0 Å². The van der Waals surface area contributed by atoms with Crippen LogP contribution in [0.5, 0.6) is 5.75 Å². The molecule has 0 amide bonds. The number of halogens is 1. The highest BCUT2D eigenvalue weighted by Gasteiger charge is 2.16. The lowest BCUT2D eigenvalue weighted by Crippen LogP contribution is -2.09. The molecule has 0 aromatic heterocycles. The quantitative estimate of drug-likeness (QED) is 0.833. The van der Waals surface area contributed by atoms with Crippen LogP contribution in [0.25, 0.3) is 0 Å². The van der Waals surface area contributed by atoms with Crippen LogP contribution in [0.15, 0.2) is 18.2 Å². The number of ether oxygens (including phenoxy) is 1. The summed E-state index contributed by atoms with van der Waals surface area (Å²) in [6.45, 7) is 0.903. The van der Waals surface area contributed by atoms with Gasteiger partial charge in [-0.2, -0.15) is 0 Å². The second-order valence-electron chi connectivity index (χ2n) is 4.61. The highest BCUT2D eigenvalue weighted by atomic mass is 19.1. The third-order valence-corrected chi connectivity index (χ3v) is 3.22. The van der Waals surface area contributed by atoms with Crippen molar-refractivity contribution in [1.82, 2.24) is 0 Å². The van der Waals surface area contributed by atoms with Crippen LogP contribution in [0, 0.1) is 23.6 Å². The van der Waals surface area contributed by atoms with E-state index in [-0.39, 0.29) is 5.82 Å². The van der Waals surface area contributed by atoms with E-state index in [1.54, 1.807) is 12.1 Å². The molecular formula is C15H18FNO. The summed E-state index contributed by atoms with van der Waals surface area (Å²) in [4.78, 5) is 0. The monoisotopic (exact) mass is 247 g/mol. The molecule has 0 radical (unpaired) electrons. The van der Waals surface area contributed by atoms with E-state index in [1.165, 1.54) is 31.7 Å². The van der Waals surface area contributed by atoms with E-state index >= 15 is 0 Å². The standard InChI is InChI=1S/C15H18FNO/c16-14-8-7-12(6-3-9-17)10-15(14)18-11-13-4-1-2-5-13/h7-8,10,13H,1-2,4-5,9,11,17H2. The highest BCUT2D eigenvalue weighted by Crippen LogP contribution is 2.26. The van der Waals surface area contributed by atoms with Crippen molar-refractivity contribution in [2.75, 3.05) is 13.2 Å². The highest BCUT2D eigenvalue weighted by molar-refractivity contribution is 5.40. The minimum atomic E-state index is -0.328. The number of hydrogen-bond acceptors (Lipinski definition) is 2. The molecule has 1 aromatic rings. The molecule has 2 rings (SSSR count). The molecule has 96 valence electrons. The molecule has 1 aliphatic carbocycles. The first kappa shape index (κ1) is 12.9. The van der Waals surface area contributed by atoms with E-state index in [4.69, 9.17) is 10.5 Å². The predicted octanol–water partition coefficient (Wildman–Crippen LogP) is 2.70. The van der Waals surface area contributed by atoms with E-state index in [0.717, 1.165) is 5.56 Å². The third-order valence-electron chi connectivity index (χ3n) is 3.22. The van der Waals surface area contributed by atoms with E-state index in [0.29, 0.717) is 24.8 Å². The molecule has 3 heteroatoms. The van der Waals surface area contributed by atoms with Crippen LogP contribution >= 0.6 is 0 Å². The average molecular weight is 247 g/mol. The van der Waals surface area contributed by atoms with Gasteiger partial charge < -0.3 is 10.5 Å². The minimum Gasteiger partial charge on any atom is -0.490 e. The summed E-state index contributed by atoms with van der Waals surface area (Å²) in [5, 5.41) is 0. The Morgan fingerprint density at radius 1 is 1.33 bits per heavy atom. The average Bonchev–Trinajstić information content (AvgIpc) is 2.89. The topological polar surface area (TPSA) is 35.2 Å². The van der Waals surface area contributed by atoms with Crippen molar-refractivity contribution in [3.05, 3.63) is 29.6 Å². The van der Waals surface area contributed by atoms with Gasteiger partial charge in [0.15, 0.2) is 11.6 Å². The van der Waals surface area contributed by atoms with Gasteiger partial charge in [0.25, 0.3) is 0 Å². The molecule has 0 aliphatic heterocycles. The molecule has 0 spiro atoms. The fourth-order valence-corrected chi connectivity index (χ4v) is 2.23. The third kappa shape index (κ3) is 3.48. The zero-order valence-corrected chi connectivity index (χ0v) is 10.4. The number of nitrogens with two attached hydrogens (primary N) is 1. The second kappa shape index (κ2) is 6.42. The molecule has 2 N–H and O–H groups in total. The van der Waals surface area contributed by atoms with Crippen LogP contribution < -0.4 is 10.5 Å². The van der Waals surface area contributed by atoms with Crippen molar-refractivity contribution in [3.8, 4) is 17.6 Å². The Morgan fingerprint density at radius 3 is 2.83 bits per heavy atom. The zero-order valence-electron chi connectivity index (χ0n) is 10.4. The van der Waals surface area contributed by atoms with Gasteiger partial charge in [-0.25, -0.2) is 4.39 Å². The van der Waals surface area contributed by atoms with Crippen LogP contribution in [0.3, 0.4) is 0 Å². The molecule has 0 atom stereocenters. The van der Waals surface area contributed by atoms with Crippen LogP contribution in [0.4, 0.5) is 4.39 Å². The first-order valence-corrected chi connectivity index (χ1v) is 6.41. The zero-order chi connectivity index (χ0) is 12.8. The molecule has 18 heavy (non-hydrogen) atoms. The van der Waals surface area contributed by atoms with Crippen molar-refractivity contribution in [1.29, 1.82) is 0 Å². The van der Waals surface area contributed by atoms with Gasteiger partial charge in [-0.15, -0.1) is 0 Å². The molecule has 1 fully saturated rings. The SMILES string of the molecule is NCC#Cc1ccc(F)c(OCC2CCCC2)c1. The lowest BCUT2D eigenvalue weighted by molar-refractivity contribution is 0.242. The van der Waals surface area contributed by atoms with Gasteiger partial charge in [0.2, 0.25) is 0 Å². The second-order valence-corrected chi connectivity index (χ2v) is 4.61. The Bertz CT molecular complexity index is 455. The summed E-state index contributed by atoms with van der Waals surface area (Å²) in [5.41, 5.74) is 6.05. The maximum atomic E-state index is 13.6. The van der Waals surface area contributed by atoms with Crippen LogP contribution in [-0.2, 0) is 0 Å². The summed E-state index contributed by atoms with van der Waals surface area (Å²) < 4.78 is 19.1. The largest absolute Gasteiger partial charge is 0.490 e. The summed E-state index contributed by atoms with van der Waals surface area (Å²) in [6.07, 6.45) is 4.90. The fraction of sp³-hybridized carbons (Fsp3) is 0.467. The number of rotatable bonds is 3. The van der Waals surface area contributed by atoms with Gasteiger partial charge in [0, 0.05) is 5.56 Å². The van der Waals surface area contributed by atoms with Crippen molar-refractivity contribution >= 4 is 0 Å². The Hall–Kier alpha value is -1.53. The first-order chi connectivity index (χ1) is 8.79. The lowest BCUT2D eigenvalue weighted by Gasteiger charge is -2.12. The molecule has 0 saturated heterocycles. The molecule has 0 bridgehead atoms. The van der Waals surface area contributed by atoms with Gasteiger partial charge >= 0.3 is 0 Å². The summed E-state index contributed by atoms with van der Waals surface area (Å²) >= 11 is 0. The molecule has 1 aliphatic rings. The van der Waals surface area contributed by atoms with E-state index in [9.17, 15) is 4.39 Å². The molecular weight excluding hydrogens is 229 g/mol. The van der Waals surface area contributed by atoms with Crippen LogP contribution in [0.2, 0.25) is 0 Å². The summed E-state index contributed by atoms with van der Waals surface area (Å²) in [5.74, 6) is 6.17. The predicted molar refractivity (Wildman–Crippen MR) is 69.8 cm³/mol. The minimum absolute atomic E-state index is 0.297. The maximum Gasteiger partial charge on any atom is 0.165 e. The van der Waals surface area contributed by atoms with E-state index in [2.05, 4.69) is 11.8 Å². The van der Waals surface area contributed by atoms with Crippen LogP contribution in [-0.4, -0.2) is 13.2 Å². The van der Waals surface area contributed by atoms with Gasteiger partial charge in [-0.1, -0.05) is 24.7 Å². The van der Waals surface area contributed by atoms with Gasteiger partial charge in [0.05, 0.1) is 13.2 Å². The van der Waals surface area contributed by atoms with Gasteiger partial charge in [0.1, 0.15) is 0 Å². The molecule has 1 saturated carbocycles. The Labute approximate surface area is 107 Å². The van der Waals surface area contributed by atoms with Crippen molar-refractivity contribution in [2.24, 2.45) is 11.7 Å². The Kier molecular flexibility index (Phi) is 4.60. The smallest absolute Gasteiger partial charge is 0.165 e. The first-order valence-electron chi connectivity index (χ1n) is 6.41. The van der Waals surface area contributed by atoms with Gasteiger partial charge in [-0.05, 0) is 37.0 Å². The fourth-order valence-electron chi connectivity index (χ4n) is 2.23. The van der Waals surface area contributed by atoms with Crippen molar-refractivity contribution in [3.63, 3.8) is 0 Å². The van der Waals surface area contributed by atoms with E-state index in [1.807, 2.05) is 0 Å². The molecule has 1 aromatic carbocycles. The molecule has 2 nitrogen and oxygen atoms in total. The lowest BCUT2D eigenvalue weighted by atomic mass is 10.1. The van der Waals surface area contributed by atoms with E-state index < -0.39 is 0 Å². The Morgan fingerprint density at radius 2 is 2.11 bits per heavy atom. The summed E-state index contributed by atoms with van der Waals surface area (Å²) in [7, 11) is 0. The molecule has 0 heterocycles. The normalized spacial score (nSPS) is 15.2. The van der Waals surface area contributed by atoms with Crippen molar-refractivity contribution < 1.29 is 9.13 Å². The van der Waals surface area contributed by atoms with Crippen molar-refractivity contribution in [2.45, 2.75) is 25.7 Å². The Balaban J connectivity index is 2.01. The van der Waals surface area contributed by atoms with Crippen LogP contribution in [0.1, 0.15) is 31.2 Å².